The number of aliphatic hydroxyl groups excluding tert-OH is 1. The number of rotatable bonds is 5. The summed E-state index contributed by atoms with van der Waals surface area (Å²) in [7, 11) is 1.46. The van der Waals surface area contributed by atoms with E-state index < -0.39 is 23.5 Å². The summed E-state index contributed by atoms with van der Waals surface area (Å²) < 4.78 is 11.2. The smallest absolute Gasteiger partial charge is 0.294 e. The molecule has 182 valence electrons. The van der Waals surface area contributed by atoms with Gasteiger partial charge in [0.15, 0.2) is 22.9 Å². The van der Waals surface area contributed by atoms with Gasteiger partial charge in [-0.3, -0.25) is 14.5 Å². The molecule has 36 heavy (non-hydrogen) atoms. The molecule has 2 heterocycles. The lowest BCUT2D eigenvalue weighted by molar-refractivity contribution is -0.117. The van der Waals surface area contributed by atoms with E-state index in [0.717, 1.165) is 5.56 Å². The van der Waals surface area contributed by atoms with Gasteiger partial charge in [-0.2, -0.15) is 0 Å². The third kappa shape index (κ3) is 4.01. The van der Waals surface area contributed by atoms with Crippen molar-refractivity contribution in [2.45, 2.75) is 13.0 Å². The number of Topliss-reactive ketones (excluding diaryl/α,β-unsaturated/α-hetero) is 1. The number of halogens is 3. The molecule has 0 radical (unpaired) electrons. The molecule has 1 N–H and O–H groups in total. The molecule has 4 aromatic rings. The van der Waals surface area contributed by atoms with E-state index in [1.807, 2.05) is 25.1 Å². The van der Waals surface area contributed by atoms with Crippen molar-refractivity contribution in [2.24, 2.45) is 0 Å². The number of methoxy groups -OCH3 is 1. The topological polar surface area (TPSA) is 80.0 Å². The molecule has 0 fully saturated rings. The summed E-state index contributed by atoms with van der Waals surface area (Å²) in [6, 6.07) is 15.8. The minimum atomic E-state index is -0.944. The van der Waals surface area contributed by atoms with E-state index in [-0.39, 0.29) is 16.4 Å². The van der Waals surface area contributed by atoms with Crippen molar-refractivity contribution < 1.29 is 23.8 Å². The normalized spacial score (nSPS) is 15.8. The number of ketones is 1. The lowest BCUT2D eigenvalue weighted by atomic mass is 9.94. The molecule has 3 aromatic carbocycles. The van der Waals surface area contributed by atoms with Crippen molar-refractivity contribution >= 4 is 63.1 Å². The second-order valence-electron chi connectivity index (χ2n) is 8.32. The van der Waals surface area contributed by atoms with E-state index in [1.54, 1.807) is 30.3 Å². The highest BCUT2D eigenvalue weighted by atomic mass is 35.5. The number of hydrogen-bond donors (Lipinski definition) is 1. The summed E-state index contributed by atoms with van der Waals surface area (Å²) >= 11 is 18.5. The summed E-state index contributed by atoms with van der Waals surface area (Å²) in [5.74, 6) is -1.80. The minimum absolute atomic E-state index is 0.0754. The van der Waals surface area contributed by atoms with E-state index in [9.17, 15) is 14.7 Å². The highest BCUT2D eigenvalue weighted by molar-refractivity contribution is 6.42. The van der Waals surface area contributed by atoms with Crippen molar-refractivity contribution in [1.82, 2.24) is 0 Å². The first kappa shape index (κ1) is 24.3. The molecule has 1 aliphatic rings. The summed E-state index contributed by atoms with van der Waals surface area (Å²) in [5.41, 5.74) is 2.10. The molecule has 5 rings (SSSR count). The first-order valence-electron chi connectivity index (χ1n) is 10.8. The Morgan fingerprint density at radius 3 is 2.50 bits per heavy atom. The molecule has 9 heteroatoms. The van der Waals surface area contributed by atoms with Gasteiger partial charge in [0.25, 0.3) is 5.91 Å². The third-order valence-electron chi connectivity index (χ3n) is 5.98. The molecule has 1 atom stereocenters. The predicted octanol–water partition coefficient (Wildman–Crippen LogP) is 7.49. The van der Waals surface area contributed by atoms with Gasteiger partial charge in [0.2, 0.25) is 5.78 Å². The van der Waals surface area contributed by atoms with Gasteiger partial charge in [-0.25, -0.2) is 0 Å². The van der Waals surface area contributed by atoms with Crippen LogP contribution in [0.2, 0.25) is 15.1 Å². The molecular weight excluding hydrogens is 525 g/mol. The van der Waals surface area contributed by atoms with Crippen LogP contribution in [0.1, 0.15) is 27.7 Å². The van der Waals surface area contributed by atoms with Gasteiger partial charge in [-0.05, 0) is 42.8 Å². The predicted molar refractivity (Wildman–Crippen MR) is 140 cm³/mol. The number of fused-ring (bicyclic) bond motifs is 1. The monoisotopic (exact) mass is 541 g/mol. The zero-order valence-corrected chi connectivity index (χ0v) is 21.3. The first-order chi connectivity index (χ1) is 17.2. The molecule has 0 saturated heterocycles. The summed E-state index contributed by atoms with van der Waals surface area (Å²) in [5, 5.41) is 12.5. The molecule has 0 bridgehead atoms. The van der Waals surface area contributed by atoms with Crippen molar-refractivity contribution in [3.05, 3.63) is 104 Å². The number of furan rings is 1. The Bertz CT molecular complexity index is 1590. The lowest BCUT2D eigenvalue weighted by Crippen LogP contribution is -2.31. The SMILES string of the molecule is COc1cc(Cl)cc2cc(C(=O)C3=C(O)C(=O)N(c4ccc(Cl)c(Cl)c4)C3c3cccc(C)c3)oc12. The number of nitrogens with zero attached hydrogens (tertiary/aromatic N) is 1. The van der Waals surface area contributed by atoms with E-state index in [2.05, 4.69) is 0 Å². The van der Waals surface area contributed by atoms with E-state index in [4.69, 9.17) is 44.0 Å². The maximum Gasteiger partial charge on any atom is 0.294 e. The summed E-state index contributed by atoms with van der Waals surface area (Å²) in [4.78, 5) is 28.5. The second-order valence-corrected chi connectivity index (χ2v) is 9.57. The second kappa shape index (κ2) is 9.21. The lowest BCUT2D eigenvalue weighted by Gasteiger charge is -2.27. The molecule has 1 aliphatic heterocycles. The number of carbonyl (C=O) groups excluding carboxylic acids is 2. The molecule has 1 amide bonds. The van der Waals surface area contributed by atoms with Crippen LogP contribution in [-0.2, 0) is 4.79 Å². The highest BCUT2D eigenvalue weighted by Crippen LogP contribution is 2.44. The Labute approximate surface area is 221 Å². The van der Waals surface area contributed by atoms with Crippen LogP contribution in [0.3, 0.4) is 0 Å². The van der Waals surface area contributed by atoms with Gasteiger partial charge in [0.1, 0.15) is 0 Å². The Morgan fingerprint density at radius 1 is 1.03 bits per heavy atom. The van der Waals surface area contributed by atoms with Gasteiger partial charge in [0, 0.05) is 22.2 Å². The number of carbonyl (C=O) groups is 2. The quantitative estimate of drug-likeness (QED) is 0.264. The molecule has 0 saturated carbocycles. The molecule has 0 spiro atoms. The minimum Gasteiger partial charge on any atom is -0.503 e. The molecule has 1 aromatic heterocycles. The average molecular weight is 543 g/mol. The highest BCUT2D eigenvalue weighted by Gasteiger charge is 2.45. The van der Waals surface area contributed by atoms with Crippen LogP contribution in [0.5, 0.6) is 5.75 Å². The van der Waals surface area contributed by atoms with Gasteiger partial charge >= 0.3 is 0 Å². The van der Waals surface area contributed by atoms with E-state index in [0.29, 0.717) is 38.0 Å². The van der Waals surface area contributed by atoms with Crippen molar-refractivity contribution in [3.8, 4) is 5.75 Å². The number of benzene rings is 3. The summed E-state index contributed by atoms with van der Waals surface area (Å²) in [6.07, 6.45) is 0. The van der Waals surface area contributed by atoms with Crippen molar-refractivity contribution in [2.75, 3.05) is 12.0 Å². The maximum absolute atomic E-state index is 13.8. The van der Waals surface area contributed by atoms with Crippen LogP contribution >= 0.6 is 34.8 Å². The van der Waals surface area contributed by atoms with Crippen LogP contribution in [0.25, 0.3) is 11.0 Å². The van der Waals surface area contributed by atoms with Crippen LogP contribution < -0.4 is 9.64 Å². The molecule has 0 aliphatic carbocycles. The van der Waals surface area contributed by atoms with Crippen LogP contribution in [-0.4, -0.2) is 23.9 Å². The number of ether oxygens (including phenoxy) is 1. The number of hydrogen-bond acceptors (Lipinski definition) is 5. The average Bonchev–Trinajstić information content (AvgIpc) is 3.39. The van der Waals surface area contributed by atoms with E-state index >= 15 is 0 Å². The van der Waals surface area contributed by atoms with Crippen LogP contribution in [0.15, 0.2) is 76.4 Å². The third-order valence-corrected chi connectivity index (χ3v) is 6.94. The number of aliphatic hydroxyl groups is 1. The standard InChI is InChI=1S/C27H18Cl3NO5/c1-13-4-3-5-14(8-13)23-22(25(33)27(34)31(23)17-6-7-18(29)19(30)12-17)24(32)20-10-15-9-16(28)11-21(35-2)26(15)36-20/h3-12,23,33H,1-2H3. The Kier molecular flexibility index (Phi) is 6.20. The van der Waals surface area contributed by atoms with Gasteiger partial charge in [-0.1, -0.05) is 64.6 Å². The Hall–Kier alpha value is -3.45. The largest absolute Gasteiger partial charge is 0.503 e. The molecule has 6 nitrogen and oxygen atoms in total. The molecular formula is C27H18Cl3NO5. The number of anilines is 1. The zero-order chi connectivity index (χ0) is 25.7. The van der Waals surface area contributed by atoms with Crippen LogP contribution in [0.4, 0.5) is 5.69 Å². The fraction of sp³-hybridized carbons (Fsp3) is 0.111. The van der Waals surface area contributed by atoms with E-state index in [1.165, 1.54) is 24.1 Å². The van der Waals surface area contributed by atoms with Crippen LogP contribution in [0, 0.1) is 6.92 Å². The van der Waals surface area contributed by atoms with Crippen molar-refractivity contribution in [1.29, 1.82) is 0 Å². The van der Waals surface area contributed by atoms with Crippen molar-refractivity contribution in [3.63, 3.8) is 0 Å². The number of aryl methyl sites for hydroxylation is 1. The fourth-order valence-electron chi connectivity index (χ4n) is 4.38. The Balaban J connectivity index is 1.68. The Morgan fingerprint density at radius 2 is 1.81 bits per heavy atom. The first-order valence-corrected chi connectivity index (χ1v) is 11.9. The zero-order valence-electron chi connectivity index (χ0n) is 19.0. The van der Waals surface area contributed by atoms with Gasteiger partial charge in [0.05, 0.1) is 28.8 Å². The molecule has 1 unspecified atom stereocenters. The maximum atomic E-state index is 13.8. The van der Waals surface area contributed by atoms with Gasteiger partial charge in [-0.15, -0.1) is 0 Å². The summed E-state index contributed by atoms with van der Waals surface area (Å²) in [6.45, 7) is 1.89. The number of amides is 1. The fourth-order valence-corrected chi connectivity index (χ4v) is 4.89. The van der Waals surface area contributed by atoms with Gasteiger partial charge < -0.3 is 14.3 Å².